The average Bonchev–Trinajstić information content (AvgIpc) is 1.12. The Hall–Kier alpha value is 1.56. The summed E-state index contributed by atoms with van der Waals surface area (Å²) in [6, 6.07) is 0. The van der Waals surface area contributed by atoms with Gasteiger partial charge in [-0.15, -0.1) is 0 Å². The topological polar surface area (TPSA) is 158 Å². The Morgan fingerprint density at radius 2 is 1.09 bits per heavy atom. The van der Waals surface area contributed by atoms with Crippen LogP contribution in [0.25, 0.3) is 0 Å². The van der Waals surface area contributed by atoms with E-state index in [-0.39, 0.29) is 51.4 Å². The van der Waals surface area contributed by atoms with E-state index in [0.717, 1.165) is 0 Å². The minimum atomic E-state index is -4.92. The molecule has 0 aliphatic carbocycles. The van der Waals surface area contributed by atoms with Crippen molar-refractivity contribution < 1.29 is 88.1 Å². The fourth-order valence-corrected chi connectivity index (χ4v) is 0. The molecule has 11 heteroatoms. The van der Waals surface area contributed by atoms with Gasteiger partial charge in [0.05, 0.1) is 0 Å². The molecule has 11 heavy (non-hydrogen) atoms. The minimum Gasteiger partial charge on any atom is -0.726 e. The summed E-state index contributed by atoms with van der Waals surface area (Å²) in [6.07, 6.45) is 0. The van der Waals surface area contributed by atoms with E-state index in [2.05, 4.69) is 0 Å². The van der Waals surface area contributed by atoms with Crippen LogP contribution in [0.2, 0.25) is 0 Å². The molecule has 0 aromatic rings. The monoisotopic (exact) mass is 232 g/mol. The molecule has 0 aliphatic heterocycles. The molecule has 0 bridgehead atoms. The van der Waals surface area contributed by atoms with E-state index in [0.29, 0.717) is 0 Å². The maximum atomic E-state index is 8.63. The van der Waals surface area contributed by atoms with Crippen LogP contribution in [0.1, 0.15) is 0 Å². The molecule has 0 radical (unpaired) electrons. The summed E-state index contributed by atoms with van der Waals surface area (Å²) in [5, 5.41) is 0. The second kappa shape index (κ2) is 7.01. The number of hydrogen-bond donors (Lipinski definition) is 5. The average molecular weight is 232 g/mol. The first-order valence-electron chi connectivity index (χ1n) is 1.58. The first-order valence-corrected chi connectivity index (χ1v) is 4.73. The summed E-state index contributed by atoms with van der Waals surface area (Å²) in [7, 11) is -9.53. The second-order valence-corrected chi connectivity index (χ2v) is 3.08. The molecule has 8 nitrogen and oxygen atoms in total. The largest absolute Gasteiger partial charge is 1.00 e. The molecule has 0 atom stereocenters. The number of rotatable bonds is 0. The smallest absolute Gasteiger partial charge is 0.726 e. The molecule has 0 rings (SSSR count). The third-order valence-electron chi connectivity index (χ3n) is 0. The van der Waals surface area contributed by atoms with Gasteiger partial charge in [0.1, 0.15) is 0 Å². The molecule has 0 saturated heterocycles. The van der Waals surface area contributed by atoms with Gasteiger partial charge in [0.15, 0.2) is 0 Å². The van der Waals surface area contributed by atoms with Crippen molar-refractivity contribution in [3.63, 3.8) is 0 Å². The molecule has 0 fully saturated rings. The third kappa shape index (κ3) is 433. The van der Waals surface area contributed by atoms with E-state index in [1.807, 2.05) is 0 Å². The number of hydrogen-bond acceptors (Lipinski definition) is 7. The third-order valence-corrected chi connectivity index (χ3v) is 0. The van der Waals surface area contributed by atoms with Crippen LogP contribution in [0.4, 0.5) is 0 Å². The van der Waals surface area contributed by atoms with Crippen LogP contribution in [-0.2, 0) is 10.4 Å². The molecule has 0 spiro atoms. The van der Waals surface area contributed by atoms with Gasteiger partial charge in [-0.05, 0) is 0 Å². The predicted octanol–water partition coefficient (Wildman–Crippen LogP) is -6.60. The van der Waals surface area contributed by atoms with Gasteiger partial charge in [0, 0.05) is 0 Å². The Balaban J connectivity index is -0.000000107. The maximum Gasteiger partial charge on any atom is 1.00 e. The summed E-state index contributed by atoms with van der Waals surface area (Å²) in [6.45, 7) is 0. The Morgan fingerprint density at radius 1 is 1.09 bits per heavy atom. The van der Waals surface area contributed by atoms with Crippen LogP contribution < -0.4 is 51.4 Å². The van der Waals surface area contributed by atoms with Crippen molar-refractivity contribution in [3.8, 4) is 0 Å². The standard InChI is InChI=1S/K.H2O4S.H4O4Si/c;2*1-5(2,3)4/h;(H2,1,2,3,4);1-4H/q+1;;/p-1. The van der Waals surface area contributed by atoms with E-state index in [9.17, 15) is 0 Å². The van der Waals surface area contributed by atoms with E-state index >= 15 is 0 Å². The quantitative estimate of drug-likeness (QED) is 0.157. The second-order valence-electron chi connectivity index (χ2n) is 1.03. The molecule has 0 heterocycles. The fraction of sp³-hybridized carbons (Fsp3) is 0. The Bertz CT molecular complexity index is 149. The van der Waals surface area contributed by atoms with Gasteiger partial charge in [0.2, 0.25) is 10.4 Å². The van der Waals surface area contributed by atoms with Crippen LogP contribution in [0, 0.1) is 0 Å². The van der Waals surface area contributed by atoms with Gasteiger partial charge >= 0.3 is 60.4 Å². The molecule has 0 saturated carbocycles. The van der Waals surface area contributed by atoms with Crippen LogP contribution in [0.5, 0.6) is 0 Å². The molecule has 0 unspecified atom stereocenters. The minimum absolute atomic E-state index is 0. The fourth-order valence-electron chi connectivity index (χ4n) is 0. The van der Waals surface area contributed by atoms with E-state index in [1.165, 1.54) is 0 Å². The van der Waals surface area contributed by atoms with Crippen molar-refractivity contribution >= 4 is 19.4 Å². The van der Waals surface area contributed by atoms with E-state index < -0.39 is 19.4 Å². The van der Waals surface area contributed by atoms with Gasteiger partial charge in [-0.25, -0.2) is 8.42 Å². The van der Waals surface area contributed by atoms with E-state index in [1.54, 1.807) is 0 Å². The van der Waals surface area contributed by atoms with Crippen molar-refractivity contribution in [3.05, 3.63) is 0 Å². The first kappa shape index (κ1) is 18.4. The summed E-state index contributed by atoms with van der Waals surface area (Å²) in [4.78, 5) is 29.3. The Labute approximate surface area is 106 Å². The Morgan fingerprint density at radius 3 is 1.09 bits per heavy atom. The maximum absolute atomic E-state index is 8.63. The van der Waals surface area contributed by atoms with E-state index in [4.69, 9.17) is 36.7 Å². The summed E-state index contributed by atoms with van der Waals surface area (Å²) in [5.74, 6) is 0. The van der Waals surface area contributed by atoms with Crippen LogP contribution >= 0.6 is 0 Å². The summed E-state index contributed by atoms with van der Waals surface area (Å²) >= 11 is 0. The first-order chi connectivity index (χ1) is 4.00. The van der Waals surface area contributed by atoms with Crippen molar-refractivity contribution in [2.24, 2.45) is 0 Å². The molecule has 0 aromatic heterocycles. The van der Waals surface area contributed by atoms with Crippen molar-refractivity contribution in [1.29, 1.82) is 0 Å². The molecule has 0 aromatic carbocycles. The molecule has 0 amide bonds. The summed E-state index contributed by atoms with van der Waals surface area (Å²) < 4.78 is 32.8. The zero-order valence-electron chi connectivity index (χ0n) is 5.37. The van der Waals surface area contributed by atoms with Crippen molar-refractivity contribution in [2.45, 2.75) is 0 Å². The SMILES string of the molecule is O=S(=O)([O-])O.O[Si](O)(O)O.[K+]. The zero-order valence-corrected chi connectivity index (χ0v) is 10.3. The van der Waals surface area contributed by atoms with Gasteiger partial charge in [0.25, 0.3) is 0 Å². The molecular weight excluding hydrogens is 227 g/mol. The van der Waals surface area contributed by atoms with Crippen LogP contribution in [0.3, 0.4) is 0 Å². The van der Waals surface area contributed by atoms with Gasteiger partial charge in [-0.2, -0.15) is 0 Å². The normalized spacial score (nSPS) is 10.7. The molecule has 0 aliphatic rings. The van der Waals surface area contributed by atoms with Crippen LogP contribution in [-0.4, -0.2) is 45.8 Å². The van der Waals surface area contributed by atoms with Crippen LogP contribution in [0.15, 0.2) is 0 Å². The molecule has 5 N–H and O–H groups in total. The van der Waals surface area contributed by atoms with Gasteiger partial charge in [-0.3, -0.25) is 4.55 Å². The van der Waals surface area contributed by atoms with Crippen molar-refractivity contribution in [2.75, 3.05) is 0 Å². The predicted molar refractivity (Wildman–Crippen MR) is 27.0 cm³/mol. The van der Waals surface area contributed by atoms with Gasteiger partial charge in [-0.1, -0.05) is 0 Å². The molecular formula is H5KO8SSi. The Kier molecular flexibility index (Phi) is 11.7. The van der Waals surface area contributed by atoms with Crippen molar-refractivity contribution in [1.82, 2.24) is 0 Å². The zero-order chi connectivity index (χ0) is 9.00. The molecule has 64 valence electrons. The van der Waals surface area contributed by atoms with Gasteiger partial charge < -0.3 is 23.7 Å². The summed E-state index contributed by atoms with van der Waals surface area (Å²) in [5.41, 5.74) is 0.